The minimum Gasteiger partial charge on any atom is -0.469 e. The first-order chi connectivity index (χ1) is 5.00. The molecule has 0 aliphatic heterocycles. The van der Waals surface area contributed by atoms with E-state index in [4.69, 9.17) is 5.26 Å². The highest BCUT2D eigenvalue weighted by molar-refractivity contribution is 5.82. The average Bonchev–Trinajstić information content (AvgIpc) is 2.56. The van der Waals surface area contributed by atoms with Gasteiger partial charge in [0.25, 0.3) is 0 Å². The highest BCUT2D eigenvalue weighted by atomic mass is 16.5. The summed E-state index contributed by atoms with van der Waals surface area (Å²) in [6.07, 6.45) is 0.614. The van der Waals surface area contributed by atoms with Gasteiger partial charge >= 0.3 is 5.97 Å². The van der Waals surface area contributed by atoms with Crippen LogP contribution in [0.5, 0.6) is 0 Å². The van der Waals surface area contributed by atoms with Crippen LogP contribution in [0, 0.1) is 22.2 Å². The van der Waals surface area contributed by atoms with Crippen molar-refractivity contribution in [2.24, 2.45) is 10.8 Å². The van der Waals surface area contributed by atoms with Crippen molar-refractivity contribution >= 4 is 5.97 Å². The molecule has 1 saturated carbocycles. The molecule has 60 valence electrons. The molecule has 1 rings (SSSR count). The summed E-state index contributed by atoms with van der Waals surface area (Å²) in [4.78, 5) is 11.1. The Bertz CT molecular complexity index is 243. The lowest BCUT2D eigenvalue weighted by molar-refractivity contribution is -0.147. The van der Waals surface area contributed by atoms with Gasteiger partial charge in [0, 0.05) is 0 Å². The molecule has 11 heavy (non-hydrogen) atoms. The van der Waals surface area contributed by atoms with Crippen LogP contribution in [0.1, 0.15) is 20.3 Å². The molecular weight excluding hydrogens is 142 g/mol. The van der Waals surface area contributed by atoms with E-state index in [2.05, 4.69) is 10.8 Å². The second-order valence-electron chi connectivity index (χ2n) is 3.44. The Hall–Kier alpha value is -1.04. The Labute approximate surface area is 66.0 Å². The summed E-state index contributed by atoms with van der Waals surface area (Å²) in [6.45, 7) is 3.55. The molecular formula is C8H11NO2. The van der Waals surface area contributed by atoms with Crippen LogP contribution in [-0.2, 0) is 9.53 Å². The number of nitrogens with zero attached hydrogens (tertiary/aromatic N) is 1. The van der Waals surface area contributed by atoms with Crippen molar-refractivity contribution in [3.8, 4) is 6.07 Å². The first-order valence-corrected chi connectivity index (χ1v) is 3.50. The molecule has 2 atom stereocenters. The lowest BCUT2D eigenvalue weighted by Crippen LogP contribution is -2.19. The standard InChI is InChI=1S/C8H11NO2/c1-7(5-9)4-8(7,2)6(10)11-3/h4H2,1-3H3. The normalized spacial score (nSPS) is 40.9. The summed E-state index contributed by atoms with van der Waals surface area (Å²) in [7, 11) is 1.35. The van der Waals surface area contributed by atoms with Crippen LogP contribution < -0.4 is 0 Å². The summed E-state index contributed by atoms with van der Waals surface area (Å²) >= 11 is 0. The zero-order valence-electron chi connectivity index (χ0n) is 6.97. The first kappa shape index (κ1) is 8.06. The minimum absolute atomic E-state index is 0.276. The molecule has 1 aliphatic carbocycles. The largest absolute Gasteiger partial charge is 0.469 e. The summed E-state index contributed by atoms with van der Waals surface area (Å²) in [5.74, 6) is -0.276. The minimum atomic E-state index is -0.559. The van der Waals surface area contributed by atoms with E-state index in [0.29, 0.717) is 6.42 Å². The fraction of sp³-hybridized carbons (Fsp3) is 0.750. The number of carbonyl (C=O) groups is 1. The van der Waals surface area contributed by atoms with Crippen molar-refractivity contribution in [3.05, 3.63) is 0 Å². The number of esters is 1. The smallest absolute Gasteiger partial charge is 0.313 e. The van der Waals surface area contributed by atoms with Gasteiger partial charge in [-0.15, -0.1) is 0 Å². The molecule has 3 heteroatoms. The Balaban J connectivity index is 2.79. The lowest BCUT2D eigenvalue weighted by Gasteiger charge is -2.08. The maximum absolute atomic E-state index is 11.1. The van der Waals surface area contributed by atoms with Gasteiger partial charge in [0.05, 0.1) is 24.0 Å². The third-order valence-corrected chi connectivity index (χ3v) is 2.68. The molecule has 1 aliphatic rings. The van der Waals surface area contributed by atoms with Crippen LogP contribution in [-0.4, -0.2) is 13.1 Å². The number of ether oxygens (including phenoxy) is 1. The zero-order chi connectivity index (χ0) is 8.70. The molecule has 2 unspecified atom stereocenters. The number of hydrogen-bond donors (Lipinski definition) is 0. The zero-order valence-corrected chi connectivity index (χ0v) is 6.97. The molecule has 0 amide bonds. The highest BCUT2D eigenvalue weighted by Gasteiger charge is 2.67. The van der Waals surface area contributed by atoms with Crippen LogP contribution in [0.2, 0.25) is 0 Å². The SMILES string of the molecule is COC(=O)C1(C)CC1(C)C#N. The Morgan fingerprint density at radius 1 is 1.64 bits per heavy atom. The van der Waals surface area contributed by atoms with Gasteiger partial charge in [0.1, 0.15) is 0 Å². The van der Waals surface area contributed by atoms with Crippen molar-refractivity contribution < 1.29 is 9.53 Å². The highest BCUT2D eigenvalue weighted by Crippen LogP contribution is 2.63. The van der Waals surface area contributed by atoms with E-state index in [0.717, 1.165) is 0 Å². The van der Waals surface area contributed by atoms with Gasteiger partial charge in [-0.1, -0.05) is 0 Å². The van der Waals surface area contributed by atoms with E-state index in [9.17, 15) is 4.79 Å². The molecule has 0 heterocycles. The van der Waals surface area contributed by atoms with Crippen LogP contribution in [0.3, 0.4) is 0 Å². The molecule has 0 N–H and O–H groups in total. The number of hydrogen-bond acceptors (Lipinski definition) is 3. The molecule has 0 spiro atoms. The quantitative estimate of drug-likeness (QED) is 0.530. The molecule has 0 aromatic heterocycles. The Morgan fingerprint density at radius 3 is 2.45 bits per heavy atom. The molecule has 0 aromatic rings. The van der Waals surface area contributed by atoms with Gasteiger partial charge in [-0.3, -0.25) is 4.79 Å². The maximum Gasteiger partial charge on any atom is 0.313 e. The predicted octanol–water partition coefficient (Wildman–Crippen LogP) is 1.10. The van der Waals surface area contributed by atoms with Gasteiger partial charge < -0.3 is 4.74 Å². The molecule has 0 radical (unpaired) electrons. The van der Waals surface area contributed by atoms with Crippen LogP contribution in [0.25, 0.3) is 0 Å². The summed E-state index contributed by atoms with van der Waals surface area (Å²) in [5, 5.41) is 8.69. The van der Waals surface area contributed by atoms with Gasteiger partial charge in [0.2, 0.25) is 0 Å². The van der Waals surface area contributed by atoms with Gasteiger partial charge in [0.15, 0.2) is 0 Å². The first-order valence-electron chi connectivity index (χ1n) is 3.50. The van der Waals surface area contributed by atoms with E-state index in [-0.39, 0.29) is 5.97 Å². The van der Waals surface area contributed by atoms with Crippen molar-refractivity contribution in [2.75, 3.05) is 7.11 Å². The van der Waals surface area contributed by atoms with Crippen LogP contribution in [0.4, 0.5) is 0 Å². The summed E-state index contributed by atoms with van der Waals surface area (Å²) in [6, 6.07) is 2.12. The number of carbonyl (C=O) groups excluding carboxylic acids is 1. The number of nitriles is 1. The molecule has 0 aromatic carbocycles. The predicted molar refractivity (Wildman–Crippen MR) is 38.5 cm³/mol. The van der Waals surface area contributed by atoms with E-state index in [1.165, 1.54) is 7.11 Å². The molecule has 0 saturated heterocycles. The maximum atomic E-state index is 11.1. The van der Waals surface area contributed by atoms with Crippen LogP contribution in [0.15, 0.2) is 0 Å². The second-order valence-corrected chi connectivity index (χ2v) is 3.44. The van der Waals surface area contributed by atoms with Crippen LogP contribution >= 0.6 is 0 Å². The van der Waals surface area contributed by atoms with E-state index < -0.39 is 10.8 Å². The molecule has 1 fully saturated rings. The summed E-state index contributed by atoms with van der Waals surface area (Å²) in [5.41, 5.74) is -1.06. The van der Waals surface area contributed by atoms with Gasteiger partial charge in [-0.25, -0.2) is 0 Å². The van der Waals surface area contributed by atoms with E-state index >= 15 is 0 Å². The van der Waals surface area contributed by atoms with Crippen molar-refractivity contribution in [3.63, 3.8) is 0 Å². The third-order valence-electron chi connectivity index (χ3n) is 2.68. The number of methoxy groups -OCH3 is 1. The van der Waals surface area contributed by atoms with E-state index in [1.807, 2.05) is 0 Å². The Morgan fingerprint density at radius 2 is 2.18 bits per heavy atom. The third kappa shape index (κ3) is 0.823. The van der Waals surface area contributed by atoms with Gasteiger partial charge in [-0.2, -0.15) is 5.26 Å². The van der Waals surface area contributed by atoms with Crippen molar-refractivity contribution in [1.82, 2.24) is 0 Å². The Kier molecular flexibility index (Phi) is 1.45. The molecule has 0 bridgehead atoms. The van der Waals surface area contributed by atoms with E-state index in [1.54, 1.807) is 13.8 Å². The van der Waals surface area contributed by atoms with Gasteiger partial charge in [-0.05, 0) is 20.3 Å². The number of rotatable bonds is 1. The fourth-order valence-electron chi connectivity index (χ4n) is 1.35. The van der Waals surface area contributed by atoms with Crippen molar-refractivity contribution in [2.45, 2.75) is 20.3 Å². The van der Waals surface area contributed by atoms with Crippen molar-refractivity contribution in [1.29, 1.82) is 5.26 Å². The lowest BCUT2D eigenvalue weighted by atomic mass is 9.98. The fourth-order valence-corrected chi connectivity index (χ4v) is 1.35. The summed E-state index contributed by atoms with van der Waals surface area (Å²) < 4.78 is 4.58. The molecule has 3 nitrogen and oxygen atoms in total. The second kappa shape index (κ2) is 1.97. The monoisotopic (exact) mass is 153 g/mol. The topological polar surface area (TPSA) is 50.1 Å². The average molecular weight is 153 g/mol.